The van der Waals surface area contributed by atoms with E-state index in [9.17, 15) is 4.79 Å². The van der Waals surface area contributed by atoms with Crippen molar-refractivity contribution in [2.45, 2.75) is 32.4 Å². The number of aliphatic hydroxyl groups excluding tert-OH is 1. The molecule has 1 heterocycles. The SMILES string of the molecule is C#CC[C@@H](CO)NC(=O)Cc1csc(COc2ccc(C)cc2)n1. The summed E-state index contributed by atoms with van der Waals surface area (Å²) < 4.78 is 5.67. The smallest absolute Gasteiger partial charge is 0.226 e. The van der Waals surface area contributed by atoms with Gasteiger partial charge in [-0.2, -0.15) is 0 Å². The highest BCUT2D eigenvalue weighted by atomic mass is 32.1. The quantitative estimate of drug-likeness (QED) is 0.719. The Labute approximate surface area is 145 Å². The molecule has 2 N–H and O–H groups in total. The number of thiazole rings is 1. The van der Waals surface area contributed by atoms with Crippen LogP contribution in [0.15, 0.2) is 29.6 Å². The van der Waals surface area contributed by atoms with Crippen LogP contribution < -0.4 is 10.1 Å². The minimum Gasteiger partial charge on any atom is -0.486 e. The fourth-order valence-corrected chi connectivity index (χ4v) is 2.73. The molecule has 0 radical (unpaired) electrons. The van der Waals surface area contributed by atoms with E-state index in [1.54, 1.807) is 0 Å². The van der Waals surface area contributed by atoms with Gasteiger partial charge in [0, 0.05) is 11.8 Å². The highest BCUT2D eigenvalue weighted by molar-refractivity contribution is 7.09. The minimum atomic E-state index is -0.412. The maximum Gasteiger partial charge on any atom is 0.226 e. The second-order valence-electron chi connectivity index (χ2n) is 5.37. The topological polar surface area (TPSA) is 71.5 Å². The van der Waals surface area contributed by atoms with Gasteiger partial charge in [0.1, 0.15) is 17.4 Å². The largest absolute Gasteiger partial charge is 0.486 e. The summed E-state index contributed by atoms with van der Waals surface area (Å²) in [4.78, 5) is 16.3. The number of carbonyl (C=O) groups is 1. The second-order valence-corrected chi connectivity index (χ2v) is 6.31. The maximum absolute atomic E-state index is 11.9. The predicted octanol–water partition coefficient (Wildman–Crippen LogP) is 2.07. The van der Waals surface area contributed by atoms with Crippen LogP contribution in [-0.2, 0) is 17.8 Å². The molecule has 2 aromatic rings. The van der Waals surface area contributed by atoms with E-state index in [4.69, 9.17) is 16.3 Å². The number of nitrogens with one attached hydrogen (secondary N) is 1. The van der Waals surface area contributed by atoms with Crippen LogP contribution in [0, 0.1) is 19.3 Å². The Morgan fingerprint density at radius 2 is 2.21 bits per heavy atom. The lowest BCUT2D eigenvalue weighted by Gasteiger charge is -2.12. The molecule has 0 spiro atoms. The number of terminal acetylenes is 1. The van der Waals surface area contributed by atoms with Crippen molar-refractivity contribution >= 4 is 17.2 Å². The number of benzene rings is 1. The number of aryl methyl sites for hydroxylation is 1. The van der Waals surface area contributed by atoms with Crippen molar-refractivity contribution in [1.29, 1.82) is 0 Å². The fourth-order valence-electron chi connectivity index (χ4n) is 2.02. The Bertz CT molecular complexity index is 704. The van der Waals surface area contributed by atoms with Crippen LogP contribution >= 0.6 is 11.3 Å². The Kier molecular flexibility index (Phi) is 6.79. The first-order chi connectivity index (χ1) is 11.6. The van der Waals surface area contributed by atoms with Gasteiger partial charge in [0.25, 0.3) is 0 Å². The van der Waals surface area contributed by atoms with Crippen molar-refractivity contribution in [3.8, 4) is 18.1 Å². The standard InChI is InChI=1S/C18H20N2O3S/c1-3-4-14(10-21)19-17(22)9-15-12-24-18(20-15)11-23-16-7-5-13(2)6-8-16/h1,5-8,12,14,21H,4,9-11H2,2H3,(H,19,22)/t14-/m0/s1. The molecule has 0 saturated carbocycles. The van der Waals surface area contributed by atoms with Crippen molar-refractivity contribution in [2.24, 2.45) is 0 Å². The summed E-state index contributed by atoms with van der Waals surface area (Å²) in [5, 5.41) is 14.5. The fraction of sp³-hybridized carbons (Fsp3) is 0.333. The third kappa shape index (κ3) is 5.69. The number of aromatic nitrogens is 1. The molecule has 0 unspecified atom stereocenters. The molecule has 0 saturated heterocycles. The molecule has 1 aromatic heterocycles. The van der Waals surface area contributed by atoms with E-state index in [1.165, 1.54) is 16.9 Å². The lowest BCUT2D eigenvalue weighted by atomic mass is 10.2. The molecule has 1 aromatic carbocycles. The first-order valence-electron chi connectivity index (χ1n) is 7.57. The highest BCUT2D eigenvalue weighted by Crippen LogP contribution is 2.16. The van der Waals surface area contributed by atoms with E-state index < -0.39 is 6.04 Å². The number of hydrogen-bond acceptors (Lipinski definition) is 5. The molecule has 1 atom stereocenters. The van der Waals surface area contributed by atoms with Gasteiger partial charge in [0.15, 0.2) is 0 Å². The molecule has 5 nitrogen and oxygen atoms in total. The molecular formula is C18H20N2O3S. The second kappa shape index (κ2) is 9.06. The molecule has 0 bridgehead atoms. The van der Waals surface area contributed by atoms with Crippen LogP contribution in [0.5, 0.6) is 5.75 Å². The summed E-state index contributed by atoms with van der Waals surface area (Å²) in [6.07, 6.45) is 5.64. The van der Waals surface area contributed by atoms with E-state index in [-0.39, 0.29) is 18.9 Å². The van der Waals surface area contributed by atoms with Gasteiger partial charge in [-0.15, -0.1) is 23.7 Å². The van der Waals surface area contributed by atoms with Crippen molar-refractivity contribution in [2.75, 3.05) is 6.61 Å². The minimum absolute atomic E-state index is 0.155. The van der Waals surface area contributed by atoms with Gasteiger partial charge in [-0.1, -0.05) is 17.7 Å². The van der Waals surface area contributed by atoms with Gasteiger partial charge in [-0.05, 0) is 19.1 Å². The Balaban J connectivity index is 1.83. The summed E-state index contributed by atoms with van der Waals surface area (Å²) >= 11 is 1.45. The number of carbonyl (C=O) groups excluding carboxylic acids is 1. The van der Waals surface area contributed by atoms with E-state index in [0.29, 0.717) is 18.7 Å². The van der Waals surface area contributed by atoms with Gasteiger partial charge >= 0.3 is 0 Å². The summed E-state index contributed by atoms with van der Waals surface area (Å²) in [7, 11) is 0. The molecule has 126 valence electrons. The van der Waals surface area contributed by atoms with Crippen LogP contribution in [0.2, 0.25) is 0 Å². The Hall–Kier alpha value is -2.36. The van der Waals surface area contributed by atoms with Crippen molar-refractivity contribution in [3.05, 3.63) is 45.9 Å². The van der Waals surface area contributed by atoms with Crippen LogP contribution in [0.1, 0.15) is 22.7 Å². The van der Waals surface area contributed by atoms with E-state index in [1.807, 2.05) is 36.6 Å². The lowest BCUT2D eigenvalue weighted by Crippen LogP contribution is -2.38. The summed E-state index contributed by atoms with van der Waals surface area (Å²) in [5.41, 5.74) is 1.85. The zero-order chi connectivity index (χ0) is 17.4. The maximum atomic E-state index is 11.9. The first-order valence-corrected chi connectivity index (χ1v) is 8.45. The van der Waals surface area contributed by atoms with Gasteiger partial charge < -0.3 is 15.2 Å². The highest BCUT2D eigenvalue weighted by Gasteiger charge is 2.12. The number of rotatable bonds is 8. The van der Waals surface area contributed by atoms with Gasteiger partial charge in [0.2, 0.25) is 5.91 Å². The number of aliphatic hydroxyl groups is 1. The first kappa shape index (κ1) is 18.0. The average molecular weight is 344 g/mol. The summed E-state index contributed by atoms with van der Waals surface area (Å²) in [6.45, 7) is 2.21. The number of amides is 1. The van der Waals surface area contributed by atoms with Crippen LogP contribution in [0.3, 0.4) is 0 Å². The molecule has 0 aliphatic heterocycles. The van der Waals surface area contributed by atoms with Crippen molar-refractivity contribution < 1.29 is 14.6 Å². The van der Waals surface area contributed by atoms with E-state index in [2.05, 4.69) is 16.2 Å². The third-order valence-electron chi connectivity index (χ3n) is 3.27. The average Bonchev–Trinajstić information content (AvgIpc) is 3.01. The zero-order valence-electron chi connectivity index (χ0n) is 13.5. The van der Waals surface area contributed by atoms with Crippen LogP contribution in [-0.4, -0.2) is 28.6 Å². The number of ether oxygens (including phenoxy) is 1. The molecule has 1 amide bonds. The van der Waals surface area contributed by atoms with Crippen LogP contribution in [0.4, 0.5) is 0 Å². The summed E-state index contributed by atoms with van der Waals surface area (Å²) in [5.74, 6) is 3.00. The number of hydrogen-bond donors (Lipinski definition) is 2. The van der Waals surface area contributed by atoms with Crippen molar-refractivity contribution in [3.63, 3.8) is 0 Å². The van der Waals surface area contributed by atoms with Crippen LogP contribution in [0.25, 0.3) is 0 Å². The summed E-state index contributed by atoms with van der Waals surface area (Å²) in [6, 6.07) is 7.39. The van der Waals surface area contributed by atoms with Crippen molar-refractivity contribution in [1.82, 2.24) is 10.3 Å². The molecular weight excluding hydrogens is 324 g/mol. The molecule has 2 rings (SSSR count). The zero-order valence-corrected chi connectivity index (χ0v) is 14.3. The normalized spacial score (nSPS) is 11.5. The predicted molar refractivity (Wildman–Crippen MR) is 93.8 cm³/mol. The van der Waals surface area contributed by atoms with Gasteiger partial charge in [-0.3, -0.25) is 4.79 Å². The van der Waals surface area contributed by atoms with Gasteiger partial charge in [0.05, 0.1) is 24.8 Å². The third-order valence-corrected chi connectivity index (χ3v) is 4.15. The van der Waals surface area contributed by atoms with E-state index >= 15 is 0 Å². The molecule has 6 heteroatoms. The van der Waals surface area contributed by atoms with Gasteiger partial charge in [-0.25, -0.2) is 4.98 Å². The molecule has 0 fully saturated rings. The molecule has 0 aliphatic rings. The molecule has 0 aliphatic carbocycles. The Morgan fingerprint density at radius 1 is 1.46 bits per heavy atom. The lowest BCUT2D eigenvalue weighted by molar-refractivity contribution is -0.121. The monoisotopic (exact) mass is 344 g/mol. The Morgan fingerprint density at radius 3 is 2.88 bits per heavy atom. The van der Waals surface area contributed by atoms with E-state index in [0.717, 1.165) is 10.8 Å². The number of nitrogens with zero attached hydrogens (tertiary/aromatic N) is 1. The molecule has 24 heavy (non-hydrogen) atoms.